The van der Waals surface area contributed by atoms with Crippen molar-refractivity contribution in [2.24, 2.45) is 4.99 Å². The summed E-state index contributed by atoms with van der Waals surface area (Å²) in [6.45, 7) is 4.48. The highest BCUT2D eigenvalue weighted by Gasteiger charge is 2.24. The van der Waals surface area contributed by atoms with Crippen LogP contribution in [0.25, 0.3) is 0 Å². The van der Waals surface area contributed by atoms with Gasteiger partial charge in [0.2, 0.25) is 0 Å². The van der Waals surface area contributed by atoms with Crippen LogP contribution in [0.5, 0.6) is 11.5 Å². The van der Waals surface area contributed by atoms with Crippen molar-refractivity contribution in [1.29, 1.82) is 0 Å². The molecule has 0 bridgehead atoms. The van der Waals surface area contributed by atoms with Crippen molar-refractivity contribution >= 4 is 40.1 Å². The van der Waals surface area contributed by atoms with Crippen LogP contribution in [-0.4, -0.2) is 42.0 Å². The first-order valence-electron chi connectivity index (χ1n) is 9.03. The summed E-state index contributed by atoms with van der Waals surface area (Å²) in [5.41, 5.74) is 2.70. The minimum absolute atomic E-state index is 0.0486. The topological polar surface area (TPSA) is 51.1 Å². The Hall–Kier alpha value is -2.18. The van der Waals surface area contributed by atoms with E-state index in [1.165, 1.54) is 0 Å². The average Bonchev–Trinajstić information content (AvgIpc) is 2.68. The summed E-state index contributed by atoms with van der Waals surface area (Å²) >= 11 is 7.55. The zero-order chi connectivity index (χ0) is 20.1. The van der Waals surface area contributed by atoms with Gasteiger partial charge in [-0.15, -0.1) is 0 Å². The van der Waals surface area contributed by atoms with Crippen molar-refractivity contribution in [2.45, 2.75) is 20.3 Å². The Labute approximate surface area is 174 Å². The summed E-state index contributed by atoms with van der Waals surface area (Å²) in [6.07, 6.45) is 0.917. The lowest BCUT2D eigenvalue weighted by atomic mass is 10.2. The zero-order valence-corrected chi connectivity index (χ0v) is 17.8. The third-order valence-electron chi connectivity index (χ3n) is 4.33. The number of amides is 1. The Morgan fingerprint density at radius 1 is 1.21 bits per heavy atom. The Bertz CT molecular complexity index is 901. The summed E-state index contributed by atoms with van der Waals surface area (Å²) in [5.74, 6) is 2.14. The first-order valence-corrected chi connectivity index (χ1v) is 10.4. The van der Waals surface area contributed by atoms with Gasteiger partial charge in [-0.2, -0.15) is 0 Å². The Morgan fingerprint density at radius 2 is 2.00 bits per heavy atom. The number of halogens is 1. The maximum absolute atomic E-state index is 12.8. The Balaban J connectivity index is 1.77. The van der Waals surface area contributed by atoms with E-state index in [0.717, 1.165) is 29.0 Å². The van der Waals surface area contributed by atoms with Crippen LogP contribution in [-0.2, 0) is 4.79 Å². The van der Waals surface area contributed by atoms with E-state index >= 15 is 0 Å². The van der Waals surface area contributed by atoms with Crippen LogP contribution in [0.2, 0.25) is 5.02 Å². The molecule has 0 N–H and O–H groups in total. The molecular formula is C21H23ClN2O3S. The molecule has 1 aliphatic heterocycles. The van der Waals surface area contributed by atoms with Gasteiger partial charge in [0, 0.05) is 17.3 Å². The third-order valence-corrected chi connectivity index (χ3v) is 5.63. The summed E-state index contributed by atoms with van der Waals surface area (Å²) < 4.78 is 11.1. The molecule has 1 fully saturated rings. The molecule has 1 heterocycles. The minimum Gasteiger partial charge on any atom is -0.494 e. The predicted molar refractivity (Wildman–Crippen MR) is 115 cm³/mol. The second-order valence-corrected chi connectivity index (χ2v) is 8.01. The first kappa shape index (κ1) is 20.6. The number of hydrogen-bond donors (Lipinski definition) is 0. The number of carbonyl (C=O) groups excluding carboxylic acids is 1. The molecule has 7 heteroatoms. The van der Waals surface area contributed by atoms with Crippen molar-refractivity contribution in [3.8, 4) is 11.5 Å². The highest BCUT2D eigenvalue weighted by Crippen LogP contribution is 2.31. The molecular weight excluding hydrogens is 396 g/mol. The van der Waals surface area contributed by atoms with Gasteiger partial charge in [0.15, 0.2) is 11.8 Å². The zero-order valence-electron chi connectivity index (χ0n) is 16.2. The molecule has 0 aliphatic carbocycles. The van der Waals surface area contributed by atoms with Crippen LogP contribution in [0.3, 0.4) is 0 Å². The molecule has 3 rings (SSSR count). The van der Waals surface area contributed by atoms with Gasteiger partial charge in [0.25, 0.3) is 5.91 Å². The predicted octanol–water partition coefficient (Wildman–Crippen LogP) is 5.00. The van der Waals surface area contributed by atoms with E-state index in [2.05, 4.69) is 0 Å². The van der Waals surface area contributed by atoms with E-state index in [-0.39, 0.29) is 12.5 Å². The van der Waals surface area contributed by atoms with Crippen LogP contribution >= 0.6 is 23.4 Å². The van der Waals surface area contributed by atoms with Crippen LogP contribution < -0.4 is 9.47 Å². The second kappa shape index (κ2) is 9.34. The summed E-state index contributed by atoms with van der Waals surface area (Å²) in [5, 5.41) is 1.32. The van der Waals surface area contributed by atoms with E-state index < -0.39 is 0 Å². The molecule has 2 aromatic carbocycles. The molecule has 1 saturated heterocycles. The van der Waals surface area contributed by atoms with Crippen molar-refractivity contribution in [3.05, 3.63) is 52.5 Å². The van der Waals surface area contributed by atoms with Gasteiger partial charge in [-0.1, -0.05) is 29.4 Å². The van der Waals surface area contributed by atoms with Gasteiger partial charge in [0.05, 0.1) is 7.11 Å². The Morgan fingerprint density at radius 3 is 2.75 bits per heavy atom. The first-order chi connectivity index (χ1) is 13.5. The molecule has 1 amide bonds. The number of amidine groups is 1. The van der Waals surface area contributed by atoms with Gasteiger partial charge in [-0.25, -0.2) is 4.99 Å². The standard InChI is InChI=1S/C21H23ClN2O3S/c1-14-5-7-19(26-3)17(11-14)23-21-24(9-4-10-28-21)20(25)13-27-18-8-6-16(22)12-15(18)2/h5-8,11-12H,4,9-10,13H2,1-3H3. The van der Waals surface area contributed by atoms with Gasteiger partial charge < -0.3 is 9.47 Å². The summed E-state index contributed by atoms with van der Waals surface area (Å²) in [6, 6.07) is 11.2. The van der Waals surface area contributed by atoms with Gasteiger partial charge in [-0.05, 0) is 61.7 Å². The van der Waals surface area contributed by atoms with Crippen molar-refractivity contribution < 1.29 is 14.3 Å². The minimum atomic E-state index is -0.119. The maximum Gasteiger partial charge on any atom is 0.266 e. The molecule has 0 spiro atoms. The molecule has 0 unspecified atom stereocenters. The lowest BCUT2D eigenvalue weighted by molar-refractivity contribution is -0.129. The van der Waals surface area contributed by atoms with Crippen LogP contribution in [0.4, 0.5) is 5.69 Å². The number of benzene rings is 2. The van der Waals surface area contributed by atoms with E-state index in [4.69, 9.17) is 26.1 Å². The fourth-order valence-electron chi connectivity index (χ4n) is 2.87. The second-order valence-electron chi connectivity index (χ2n) is 6.52. The molecule has 148 valence electrons. The highest BCUT2D eigenvalue weighted by atomic mass is 35.5. The normalized spacial score (nSPS) is 15.6. The smallest absolute Gasteiger partial charge is 0.266 e. The number of thioether (sulfide) groups is 1. The number of aryl methyl sites for hydroxylation is 2. The molecule has 0 atom stereocenters. The SMILES string of the molecule is COc1ccc(C)cc1N=C1SCCCN1C(=O)COc1ccc(Cl)cc1C. The van der Waals surface area contributed by atoms with E-state index in [0.29, 0.717) is 28.2 Å². The fourth-order valence-corrected chi connectivity index (χ4v) is 4.06. The number of aliphatic imine (C=N–C) groups is 1. The highest BCUT2D eigenvalue weighted by molar-refractivity contribution is 8.13. The average molecular weight is 419 g/mol. The van der Waals surface area contributed by atoms with Crippen molar-refractivity contribution in [1.82, 2.24) is 4.90 Å². The lowest BCUT2D eigenvalue weighted by Crippen LogP contribution is -2.41. The van der Waals surface area contributed by atoms with E-state index in [1.807, 2.05) is 38.1 Å². The molecule has 28 heavy (non-hydrogen) atoms. The molecule has 0 aromatic heterocycles. The molecule has 0 saturated carbocycles. The van der Waals surface area contributed by atoms with Crippen LogP contribution in [0.1, 0.15) is 17.5 Å². The van der Waals surface area contributed by atoms with E-state index in [1.54, 1.807) is 35.9 Å². The van der Waals surface area contributed by atoms with Crippen molar-refractivity contribution in [3.63, 3.8) is 0 Å². The van der Waals surface area contributed by atoms with Gasteiger partial charge >= 0.3 is 0 Å². The van der Waals surface area contributed by atoms with Crippen molar-refractivity contribution in [2.75, 3.05) is 26.0 Å². The van der Waals surface area contributed by atoms with Crippen LogP contribution in [0, 0.1) is 13.8 Å². The molecule has 0 radical (unpaired) electrons. The quantitative estimate of drug-likeness (QED) is 0.685. The summed E-state index contributed by atoms with van der Waals surface area (Å²) in [4.78, 5) is 19.2. The Kier molecular flexibility index (Phi) is 6.86. The number of carbonyl (C=O) groups is 1. The van der Waals surface area contributed by atoms with Gasteiger partial charge in [-0.3, -0.25) is 9.69 Å². The van der Waals surface area contributed by atoms with Crippen LogP contribution in [0.15, 0.2) is 41.4 Å². The number of rotatable bonds is 5. The number of ether oxygens (including phenoxy) is 2. The number of methoxy groups -OCH3 is 1. The third kappa shape index (κ3) is 5.00. The number of hydrogen-bond acceptors (Lipinski definition) is 5. The molecule has 1 aliphatic rings. The summed E-state index contributed by atoms with van der Waals surface area (Å²) in [7, 11) is 1.62. The fraction of sp³-hybridized carbons (Fsp3) is 0.333. The van der Waals surface area contributed by atoms with E-state index in [9.17, 15) is 4.79 Å². The molecule has 5 nitrogen and oxygen atoms in total. The monoisotopic (exact) mass is 418 g/mol. The van der Waals surface area contributed by atoms with Gasteiger partial charge in [0.1, 0.15) is 17.2 Å². The maximum atomic E-state index is 12.8. The largest absolute Gasteiger partial charge is 0.494 e. The molecule has 2 aromatic rings. The number of nitrogens with zero attached hydrogens (tertiary/aromatic N) is 2. The lowest BCUT2D eigenvalue weighted by Gasteiger charge is -2.28.